The van der Waals surface area contributed by atoms with E-state index in [9.17, 15) is 8.78 Å². The van der Waals surface area contributed by atoms with Gasteiger partial charge in [-0.05, 0) is 36.8 Å². The molecule has 0 aliphatic heterocycles. The van der Waals surface area contributed by atoms with Crippen molar-refractivity contribution in [3.05, 3.63) is 53.7 Å². The lowest BCUT2D eigenvalue weighted by Crippen LogP contribution is -2.31. The minimum absolute atomic E-state index is 0.258. The molecule has 0 saturated heterocycles. The number of benzene rings is 1. The molecule has 0 saturated carbocycles. The molecule has 82 valence electrons. The fraction of sp³-hybridized carbons (Fsp3) is 0.154. The molecule has 2 aromatic rings. The Hall–Kier alpha value is -1.77. The Morgan fingerprint density at radius 2 is 1.69 bits per heavy atom. The van der Waals surface area contributed by atoms with Gasteiger partial charge in [0, 0.05) is 11.6 Å². The van der Waals surface area contributed by atoms with Crippen LogP contribution in [0.3, 0.4) is 0 Å². The van der Waals surface area contributed by atoms with Gasteiger partial charge in [-0.1, -0.05) is 0 Å². The highest BCUT2D eigenvalue weighted by Gasteiger charge is 2.13. The first-order valence-corrected chi connectivity index (χ1v) is 4.99. The van der Waals surface area contributed by atoms with Gasteiger partial charge in [-0.15, -0.1) is 0 Å². The molecule has 1 aromatic carbocycles. The average molecular weight is 220 g/mol. The van der Waals surface area contributed by atoms with Gasteiger partial charge in [0.1, 0.15) is 12.9 Å². The zero-order chi connectivity index (χ0) is 11.7. The predicted molar refractivity (Wildman–Crippen MR) is 57.7 cm³/mol. The number of halogens is 2. The van der Waals surface area contributed by atoms with E-state index in [1.54, 1.807) is 23.7 Å². The van der Waals surface area contributed by atoms with Crippen LogP contribution in [0.15, 0.2) is 36.5 Å². The molecule has 0 bridgehead atoms. The molecular weight excluding hydrogens is 208 g/mol. The maximum absolute atomic E-state index is 13.0. The number of nitrogens with zero attached hydrogens (tertiary/aromatic N) is 1. The molecule has 0 aliphatic carbocycles. The molecule has 0 radical (unpaired) electrons. The molecule has 0 amide bonds. The molecule has 0 spiro atoms. The van der Waals surface area contributed by atoms with Gasteiger partial charge in [0.25, 0.3) is 0 Å². The fourth-order valence-corrected chi connectivity index (χ4v) is 1.77. The molecule has 0 unspecified atom stereocenters. The summed E-state index contributed by atoms with van der Waals surface area (Å²) in [4.78, 5) is 0. The second-order valence-corrected chi connectivity index (χ2v) is 3.80. The van der Waals surface area contributed by atoms with Crippen molar-refractivity contribution < 1.29 is 13.3 Å². The summed E-state index contributed by atoms with van der Waals surface area (Å²) in [5.74, 6) is -0.544. The summed E-state index contributed by atoms with van der Waals surface area (Å²) in [5, 5.41) is 0. The third-order valence-corrected chi connectivity index (χ3v) is 2.56. The highest BCUT2D eigenvalue weighted by molar-refractivity contribution is 5.60. The fourth-order valence-electron chi connectivity index (χ4n) is 1.77. The van der Waals surface area contributed by atoms with Crippen LogP contribution in [0.5, 0.6) is 0 Å². The molecule has 1 aromatic heterocycles. The van der Waals surface area contributed by atoms with Crippen molar-refractivity contribution in [1.82, 2.24) is 0 Å². The Morgan fingerprint density at radius 3 is 2.31 bits per heavy atom. The highest BCUT2D eigenvalue weighted by atomic mass is 19.1. The van der Waals surface area contributed by atoms with E-state index in [4.69, 9.17) is 0 Å². The van der Waals surface area contributed by atoms with Gasteiger partial charge in [-0.2, -0.15) is 4.57 Å². The van der Waals surface area contributed by atoms with Gasteiger partial charge in [0.15, 0.2) is 5.82 Å². The summed E-state index contributed by atoms with van der Waals surface area (Å²) in [5.41, 5.74) is 2.60. The molecule has 0 atom stereocenters. The van der Waals surface area contributed by atoms with Gasteiger partial charge < -0.3 is 0 Å². The molecule has 3 heteroatoms. The summed E-state index contributed by atoms with van der Waals surface area (Å²) < 4.78 is 27.6. The van der Waals surface area contributed by atoms with Crippen LogP contribution < -0.4 is 4.57 Å². The summed E-state index contributed by atoms with van der Waals surface area (Å²) in [6.07, 6.45) is 1.40. The van der Waals surface area contributed by atoms with Crippen molar-refractivity contribution in [1.29, 1.82) is 0 Å². The van der Waals surface area contributed by atoms with Gasteiger partial charge in [0.05, 0.1) is 0 Å². The number of aryl methyl sites for hydroxylation is 2. The SMILES string of the molecule is Cc1cc(F)ccc1-c1ccc(F)c[n+]1C. The molecule has 1 heterocycles. The summed E-state index contributed by atoms with van der Waals surface area (Å²) in [6, 6.07) is 7.68. The highest BCUT2D eigenvalue weighted by Crippen LogP contribution is 2.20. The Morgan fingerprint density at radius 1 is 1.00 bits per heavy atom. The summed E-state index contributed by atoms with van der Waals surface area (Å²) in [6.45, 7) is 1.84. The lowest BCUT2D eigenvalue weighted by Gasteiger charge is -2.04. The second kappa shape index (κ2) is 4.00. The Kier molecular flexibility index (Phi) is 2.69. The van der Waals surface area contributed by atoms with Crippen molar-refractivity contribution in [2.45, 2.75) is 6.92 Å². The van der Waals surface area contributed by atoms with Gasteiger partial charge in [-0.3, -0.25) is 0 Å². The van der Waals surface area contributed by atoms with Crippen molar-refractivity contribution >= 4 is 0 Å². The van der Waals surface area contributed by atoms with E-state index >= 15 is 0 Å². The van der Waals surface area contributed by atoms with Crippen molar-refractivity contribution in [2.24, 2.45) is 7.05 Å². The van der Waals surface area contributed by atoms with Crippen LogP contribution in [0.4, 0.5) is 8.78 Å². The average Bonchev–Trinajstić information content (AvgIpc) is 2.19. The first-order valence-electron chi connectivity index (χ1n) is 4.99. The van der Waals surface area contributed by atoms with E-state index in [0.29, 0.717) is 0 Å². The monoisotopic (exact) mass is 220 g/mol. The second-order valence-electron chi connectivity index (χ2n) is 3.80. The Labute approximate surface area is 93.0 Å². The Balaban J connectivity index is 2.59. The van der Waals surface area contributed by atoms with Crippen molar-refractivity contribution in [2.75, 3.05) is 0 Å². The van der Waals surface area contributed by atoms with E-state index in [1.807, 2.05) is 6.92 Å². The van der Waals surface area contributed by atoms with Crippen LogP contribution in [-0.2, 0) is 7.05 Å². The first kappa shape index (κ1) is 10.7. The van der Waals surface area contributed by atoms with E-state index in [-0.39, 0.29) is 11.6 Å². The van der Waals surface area contributed by atoms with E-state index in [1.165, 1.54) is 24.4 Å². The number of hydrogen-bond acceptors (Lipinski definition) is 0. The summed E-state index contributed by atoms with van der Waals surface area (Å²) >= 11 is 0. The third-order valence-electron chi connectivity index (χ3n) is 2.56. The normalized spacial score (nSPS) is 10.5. The molecular formula is C13H12F2N+. The Bertz CT molecular complexity index is 486. The number of rotatable bonds is 1. The molecule has 0 fully saturated rings. The molecule has 0 aliphatic rings. The zero-order valence-electron chi connectivity index (χ0n) is 9.17. The maximum atomic E-state index is 13.0. The van der Waals surface area contributed by atoms with Crippen molar-refractivity contribution in [3.8, 4) is 11.3 Å². The molecule has 2 rings (SSSR count). The maximum Gasteiger partial charge on any atom is 0.212 e. The third kappa shape index (κ3) is 1.94. The largest absolute Gasteiger partial charge is 0.212 e. The smallest absolute Gasteiger partial charge is 0.207 e. The van der Waals surface area contributed by atoms with E-state index in [2.05, 4.69) is 0 Å². The molecule has 1 nitrogen and oxygen atoms in total. The van der Waals surface area contributed by atoms with Crippen LogP contribution >= 0.6 is 0 Å². The number of hydrogen-bond donors (Lipinski definition) is 0. The lowest BCUT2D eigenvalue weighted by molar-refractivity contribution is -0.661. The van der Waals surface area contributed by atoms with E-state index in [0.717, 1.165) is 16.8 Å². The topological polar surface area (TPSA) is 3.88 Å². The lowest BCUT2D eigenvalue weighted by atomic mass is 10.0. The predicted octanol–water partition coefficient (Wildman–Crippen LogP) is 2.76. The molecule has 0 N–H and O–H groups in total. The molecule has 16 heavy (non-hydrogen) atoms. The van der Waals surface area contributed by atoms with Gasteiger partial charge >= 0.3 is 0 Å². The van der Waals surface area contributed by atoms with Crippen LogP contribution in [0, 0.1) is 18.6 Å². The minimum atomic E-state index is -0.286. The van der Waals surface area contributed by atoms with Crippen LogP contribution in [-0.4, -0.2) is 0 Å². The zero-order valence-corrected chi connectivity index (χ0v) is 9.17. The van der Waals surface area contributed by atoms with Crippen LogP contribution in [0.2, 0.25) is 0 Å². The van der Waals surface area contributed by atoms with Crippen molar-refractivity contribution in [3.63, 3.8) is 0 Å². The number of aromatic nitrogens is 1. The van der Waals surface area contributed by atoms with Gasteiger partial charge in [-0.25, -0.2) is 8.78 Å². The van der Waals surface area contributed by atoms with Gasteiger partial charge in [0.2, 0.25) is 11.9 Å². The summed E-state index contributed by atoms with van der Waals surface area (Å²) in [7, 11) is 1.77. The number of pyridine rings is 1. The first-order chi connectivity index (χ1) is 7.58. The van der Waals surface area contributed by atoms with Crippen LogP contribution in [0.25, 0.3) is 11.3 Å². The van der Waals surface area contributed by atoms with E-state index < -0.39 is 0 Å². The standard InChI is InChI=1S/C13H12F2N/c1-9-7-10(14)3-5-12(9)13-6-4-11(15)8-16(13)2/h3-8H,1-2H3/q+1. The quantitative estimate of drug-likeness (QED) is 0.651. The van der Waals surface area contributed by atoms with Crippen LogP contribution in [0.1, 0.15) is 5.56 Å². The minimum Gasteiger partial charge on any atom is -0.207 e.